The fourth-order valence-corrected chi connectivity index (χ4v) is 3.21. The van der Waals surface area contributed by atoms with Crippen molar-refractivity contribution in [2.75, 3.05) is 25.1 Å². The van der Waals surface area contributed by atoms with Gasteiger partial charge in [0.05, 0.1) is 7.11 Å². The van der Waals surface area contributed by atoms with Gasteiger partial charge in [0.25, 0.3) is 11.9 Å². The average Bonchev–Trinajstić information content (AvgIpc) is 2.62. The van der Waals surface area contributed by atoms with Gasteiger partial charge in [-0.1, -0.05) is 12.1 Å². The number of nitrogens with zero attached hydrogens (tertiary/aromatic N) is 2. The van der Waals surface area contributed by atoms with Crippen LogP contribution in [0, 0.1) is 29.4 Å². The van der Waals surface area contributed by atoms with Crippen LogP contribution in [-0.2, 0) is 6.42 Å². The summed E-state index contributed by atoms with van der Waals surface area (Å²) < 4.78 is 59.4. The number of hydrogen-bond acceptors (Lipinski definition) is 3. The number of benzene rings is 1. The lowest BCUT2D eigenvalue weighted by Crippen LogP contribution is -2.36. The molecule has 0 aliphatic carbocycles. The van der Waals surface area contributed by atoms with Crippen LogP contribution >= 0.6 is 0 Å². The lowest BCUT2D eigenvalue weighted by atomic mass is 9.90. The summed E-state index contributed by atoms with van der Waals surface area (Å²) in [5.74, 6) is -4.98. The number of piperidine rings is 1. The molecule has 0 radical (unpaired) electrons. The summed E-state index contributed by atoms with van der Waals surface area (Å²) in [6.45, 7) is 0.662. The predicted octanol–water partition coefficient (Wildman–Crippen LogP) is 4.11. The molecule has 1 aromatic heterocycles. The molecule has 0 N–H and O–H groups in total. The van der Waals surface area contributed by atoms with Crippen molar-refractivity contribution in [1.82, 2.24) is 4.98 Å². The normalized spacial score (nSPS) is 15.5. The van der Waals surface area contributed by atoms with E-state index in [1.54, 1.807) is 7.11 Å². The summed E-state index contributed by atoms with van der Waals surface area (Å²) in [5.41, 5.74) is 0.491. The van der Waals surface area contributed by atoms with Crippen LogP contribution in [0.2, 0.25) is 0 Å². The molecule has 134 valence electrons. The van der Waals surface area contributed by atoms with Gasteiger partial charge in [-0.15, -0.1) is 0 Å². The second kappa shape index (κ2) is 7.29. The molecule has 0 bridgehead atoms. The summed E-state index contributed by atoms with van der Waals surface area (Å²) in [5, 5.41) is 0. The zero-order valence-corrected chi connectivity index (χ0v) is 13.7. The van der Waals surface area contributed by atoms with Crippen molar-refractivity contribution in [2.24, 2.45) is 5.92 Å². The van der Waals surface area contributed by atoms with Gasteiger partial charge in [0.2, 0.25) is 11.6 Å². The highest BCUT2D eigenvalue weighted by molar-refractivity contribution is 5.48. The molecule has 1 aliphatic heterocycles. The maximum Gasteiger partial charge on any atom is 0.253 e. The van der Waals surface area contributed by atoms with E-state index in [-0.39, 0.29) is 0 Å². The van der Waals surface area contributed by atoms with Crippen molar-refractivity contribution in [1.29, 1.82) is 0 Å². The number of halogens is 4. The third-order valence-corrected chi connectivity index (χ3v) is 4.59. The minimum Gasteiger partial charge on any atom is -0.497 e. The number of ether oxygens (including phenoxy) is 1. The Kier molecular flexibility index (Phi) is 5.11. The quantitative estimate of drug-likeness (QED) is 0.610. The number of anilines is 1. The van der Waals surface area contributed by atoms with Crippen molar-refractivity contribution in [3.8, 4) is 5.75 Å². The molecule has 2 aromatic rings. The van der Waals surface area contributed by atoms with E-state index >= 15 is 0 Å². The molecule has 25 heavy (non-hydrogen) atoms. The Labute approximate surface area is 143 Å². The zero-order chi connectivity index (χ0) is 18.0. The predicted molar refractivity (Wildman–Crippen MR) is 85.7 cm³/mol. The zero-order valence-electron chi connectivity index (χ0n) is 13.7. The van der Waals surface area contributed by atoms with E-state index in [1.807, 2.05) is 24.3 Å². The Hall–Kier alpha value is -2.31. The molecule has 0 atom stereocenters. The lowest BCUT2D eigenvalue weighted by Gasteiger charge is -2.34. The largest absolute Gasteiger partial charge is 0.497 e. The number of rotatable bonds is 4. The van der Waals surface area contributed by atoms with Crippen molar-refractivity contribution in [2.45, 2.75) is 19.3 Å². The van der Waals surface area contributed by atoms with E-state index in [0.717, 1.165) is 17.7 Å². The van der Waals surface area contributed by atoms with E-state index in [4.69, 9.17) is 4.74 Å². The first kappa shape index (κ1) is 17.5. The standard InChI is InChI=1S/C18H18F4N2O/c1-25-13-4-2-11(3-5-13)10-12-6-8-24(9-7-12)16-14(19)17(21)23-18(22)15(16)20/h2-5,12H,6-10H2,1H3. The Morgan fingerprint density at radius 3 is 2.08 bits per heavy atom. The monoisotopic (exact) mass is 354 g/mol. The first-order chi connectivity index (χ1) is 12.0. The van der Waals surface area contributed by atoms with Gasteiger partial charge in [-0.25, -0.2) is 0 Å². The molecule has 0 amide bonds. The van der Waals surface area contributed by atoms with Gasteiger partial charge in [-0.05, 0) is 42.9 Å². The highest BCUT2D eigenvalue weighted by Gasteiger charge is 2.28. The van der Waals surface area contributed by atoms with Crippen LogP contribution in [-0.4, -0.2) is 25.2 Å². The highest BCUT2D eigenvalue weighted by Crippen LogP contribution is 2.31. The fourth-order valence-electron chi connectivity index (χ4n) is 3.21. The minimum atomic E-state index is -1.62. The van der Waals surface area contributed by atoms with Gasteiger partial charge in [0, 0.05) is 13.1 Å². The number of methoxy groups -OCH3 is 1. The van der Waals surface area contributed by atoms with Crippen molar-refractivity contribution >= 4 is 5.69 Å². The Morgan fingerprint density at radius 1 is 1.00 bits per heavy atom. The molecule has 1 saturated heterocycles. The molecule has 0 saturated carbocycles. The molecule has 0 unspecified atom stereocenters. The molecule has 0 spiro atoms. The topological polar surface area (TPSA) is 25.4 Å². The maximum absolute atomic E-state index is 13.8. The van der Waals surface area contributed by atoms with Crippen LogP contribution in [0.4, 0.5) is 23.2 Å². The van der Waals surface area contributed by atoms with Crippen molar-refractivity contribution in [3.05, 3.63) is 53.4 Å². The van der Waals surface area contributed by atoms with Crippen LogP contribution < -0.4 is 9.64 Å². The minimum absolute atomic E-state index is 0.331. The summed E-state index contributed by atoms with van der Waals surface area (Å²) in [4.78, 5) is 3.94. The molecule has 1 fully saturated rings. The van der Waals surface area contributed by atoms with Crippen LogP contribution in [0.15, 0.2) is 24.3 Å². The SMILES string of the molecule is COc1ccc(CC2CCN(c3c(F)c(F)nc(F)c3F)CC2)cc1. The second-order valence-corrected chi connectivity index (χ2v) is 6.15. The average molecular weight is 354 g/mol. The Morgan fingerprint density at radius 2 is 1.56 bits per heavy atom. The molecular formula is C18H18F4N2O. The first-order valence-corrected chi connectivity index (χ1v) is 8.07. The Balaban J connectivity index is 1.66. The van der Waals surface area contributed by atoms with Crippen molar-refractivity contribution in [3.63, 3.8) is 0 Å². The van der Waals surface area contributed by atoms with E-state index < -0.39 is 29.2 Å². The Bertz CT molecular complexity index is 717. The van der Waals surface area contributed by atoms with Crippen LogP contribution in [0.5, 0.6) is 5.75 Å². The summed E-state index contributed by atoms with van der Waals surface area (Å²) >= 11 is 0. The fraction of sp³-hybridized carbons (Fsp3) is 0.389. The van der Waals surface area contributed by atoms with Gasteiger partial charge in [-0.3, -0.25) is 0 Å². The van der Waals surface area contributed by atoms with Crippen LogP contribution in [0.3, 0.4) is 0 Å². The molecule has 2 heterocycles. The van der Waals surface area contributed by atoms with Gasteiger partial charge in [0.1, 0.15) is 11.4 Å². The number of aromatic nitrogens is 1. The maximum atomic E-state index is 13.8. The van der Waals surface area contributed by atoms with Gasteiger partial charge < -0.3 is 9.64 Å². The lowest BCUT2D eigenvalue weighted by molar-refractivity contribution is 0.377. The first-order valence-electron chi connectivity index (χ1n) is 8.07. The number of hydrogen-bond donors (Lipinski definition) is 0. The summed E-state index contributed by atoms with van der Waals surface area (Å²) in [6, 6.07) is 7.74. The highest BCUT2D eigenvalue weighted by atomic mass is 19.2. The van der Waals surface area contributed by atoms with E-state index in [0.29, 0.717) is 31.8 Å². The van der Waals surface area contributed by atoms with Gasteiger partial charge in [-0.2, -0.15) is 22.5 Å². The smallest absolute Gasteiger partial charge is 0.253 e. The molecule has 7 heteroatoms. The molecule has 1 aliphatic rings. The van der Waals surface area contributed by atoms with Gasteiger partial charge in [0.15, 0.2) is 0 Å². The summed E-state index contributed by atoms with van der Waals surface area (Å²) in [6.07, 6.45) is 2.19. The molecular weight excluding hydrogens is 336 g/mol. The van der Waals surface area contributed by atoms with Crippen LogP contribution in [0.25, 0.3) is 0 Å². The molecule has 3 nitrogen and oxygen atoms in total. The third kappa shape index (κ3) is 3.70. The van der Waals surface area contributed by atoms with Crippen LogP contribution in [0.1, 0.15) is 18.4 Å². The third-order valence-electron chi connectivity index (χ3n) is 4.59. The van der Waals surface area contributed by atoms with Crippen molar-refractivity contribution < 1.29 is 22.3 Å². The van der Waals surface area contributed by atoms with E-state index in [1.165, 1.54) is 4.90 Å². The van der Waals surface area contributed by atoms with Gasteiger partial charge >= 0.3 is 0 Å². The second-order valence-electron chi connectivity index (χ2n) is 6.15. The van der Waals surface area contributed by atoms with E-state index in [2.05, 4.69) is 4.98 Å². The van der Waals surface area contributed by atoms with E-state index in [9.17, 15) is 17.6 Å². The summed E-state index contributed by atoms with van der Waals surface area (Å²) in [7, 11) is 1.60. The number of pyridine rings is 1. The molecule has 3 rings (SSSR count). The molecule has 1 aromatic carbocycles.